The standard InChI is InChI=1S/C29H35N3O7/c1-15-10-19(33)24-21(36-15)14-20-18(25(24)34)13-22(28(2,3)38-20)37-27(35)29(8-9-32-4)23(39-29)12-16-6-5-7-17(11-16)26(30)31/h5-7,10-11,14,22-23,26,32,34H,8-9,12-13,30-31H2,1-4H3/t22-,23-,29+/m1/s1. The van der Waals surface area contributed by atoms with Crippen LogP contribution in [0.25, 0.3) is 11.0 Å². The van der Waals surface area contributed by atoms with E-state index in [1.165, 1.54) is 6.07 Å². The normalized spacial score (nSPS) is 23.4. The minimum atomic E-state index is -1.12. The molecule has 39 heavy (non-hydrogen) atoms. The fourth-order valence-electron chi connectivity index (χ4n) is 5.30. The lowest BCUT2D eigenvalue weighted by Crippen LogP contribution is -2.50. The summed E-state index contributed by atoms with van der Waals surface area (Å²) >= 11 is 0. The fourth-order valence-corrected chi connectivity index (χ4v) is 5.30. The first-order chi connectivity index (χ1) is 18.4. The number of aryl methyl sites for hydroxylation is 1. The minimum absolute atomic E-state index is 0.0724. The zero-order valence-electron chi connectivity index (χ0n) is 22.6. The lowest BCUT2D eigenvalue weighted by molar-refractivity contribution is -0.167. The number of benzene rings is 2. The molecule has 0 radical (unpaired) electrons. The summed E-state index contributed by atoms with van der Waals surface area (Å²) in [4.78, 5) is 26.3. The van der Waals surface area contributed by atoms with E-state index in [2.05, 4.69) is 5.32 Å². The number of ether oxygens (including phenoxy) is 3. The van der Waals surface area contributed by atoms with Crippen LogP contribution in [0.4, 0.5) is 0 Å². The van der Waals surface area contributed by atoms with Crippen LogP contribution in [0.2, 0.25) is 0 Å². The van der Waals surface area contributed by atoms with Gasteiger partial charge >= 0.3 is 5.97 Å². The highest BCUT2D eigenvalue weighted by Crippen LogP contribution is 2.46. The highest BCUT2D eigenvalue weighted by Gasteiger charge is 2.63. The molecule has 2 aliphatic heterocycles. The molecule has 5 rings (SSSR count). The van der Waals surface area contributed by atoms with Crippen molar-refractivity contribution < 1.29 is 28.5 Å². The third-order valence-corrected chi connectivity index (χ3v) is 7.63. The lowest BCUT2D eigenvalue weighted by Gasteiger charge is -2.39. The average molecular weight is 538 g/mol. The van der Waals surface area contributed by atoms with Crippen molar-refractivity contribution in [3.63, 3.8) is 0 Å². The number of hydrogen-bond acceptors (Lipinski definition) is 10. The summed E-state index contributed by atoms with van der Waals surface area (Å²) in [6.07, 6.45) is -0.643. The largest absolute Gasteiger partial charge is 0.507 e. The van der Waals surface area contributed by atoms with Crippen LogP contribution in [-0.4, -0.2) is 48.1 Å². The summed E-state index contributed by atoms with van der Waals surface area (Å²) < 4.78 is 24.0. The van der Waals surface area contributed by atoms with Gasteiger partial charge < -0.3 is 40.5 Å². The number of nitrogens with one attached hydrogen (secondary N) is 1. The monoisotopic (exact) mass is 537 g/mol. The minimum Gasteiger partial charge on any atom is -0.507 e. The molecule has 1 fully saturated rings. The van der Waals surface area contributed by atoms with Gasteiger partial charge in [0, 0.05) is 37.0 Å². The highest BCUT2D eigenvalue weighted by atomic mass is 16.7. The molecule has 3 atom stereocenters. The Morgan fingerprint density at radius 3 is 2.74 bits per heavy atom. The second-order valence-corrected chi connectivity index (χ2v) is 10.9. The third-order valence-electron chi connectivity index (χ3n) is 7.63. The van der Waals surface area contributed by atoms with Gasteiger partial charge in [-0.15, -0.1) is 0 Å². The van der Waals surface area contributed by atoms with E-state index in [-0.39, 0.29) is 34.7 Å². The van der Waals surface area contributed by atoms with Crippen molar-refractivity contribution >= 4 is 16.9 Å². The molecular formula is C29H35N3O7. The second-order valence-electron chi connectivity index (χ2n) is 10.9. The predicted molar refractivity (Wildman–Crippen MR) is 145 cm³/mol. The summed E-state index contributed by atoms with van der Waals surface area (Å²) in [6, 6.07) is 10.5. The number of carbonyl (C=O) groups is 1. The summed E-state index contributed by atoms with van der Waals surface area (Å²) in [6.45, 7) is 5.84. The number of fused-ring (bicyclic) bond motifs is 2. The molecule has 2 aliphatic rings. The van der Waals surface area contributed by atoms with Crippen LogP contribution < -0.4 is 26.9 Å². The molecular weight excluding hydrogens is 502 g/mol. The van der Waals surface area contributed by atoms with E-state index in [9.17, 15) is 14.7 Å². The molecule has 0 aliphatic carbocycles. The Morgan fingerprint density at radius 1 is 1.26 bits per heavy atom. The molecule has 10 nitrogen and oxygen atoms in total. The molecule has 0 bridgehead atoms. The number of esters is 1. The maximum atomic E-state index is 13.7. The van der Waals surface area contributed by atoms with Gasteiger partial charge in [0.15, 0.2) is 11.0 Å². The van der Waals surface area contributed by atoms with Crippen molar-refractivity contribution in [3.8, 4) is 11.5 Å². The molecule has 3 heterocycles. The molecule has 0 spiro atoms. The molecule has 208 valence electrons. The van der Waals surface area contributed by atoms with Crippen LogP contribution in [0.5, 0.6) is 11.5 Å². The maximum absolute atomic E-state index is 13.7. The van der Waals surface area contributed by atoms with E-state index in [0.29, 0.717) is 36.5 Å². The number of carbonyl (C=O) groups excluding carboxylic acids is 1. The Kier molecular flexibility index (Phi) is 6.92. The van der Waals surface area contributed by atoms with Crippen molar-refractivity contribution in [2.24, 2.45) is 11.5 Å². The fraction of sp³-hybridized carbons (Fsp3) is 0.448. The van der Waals surface area contributed by atoms with Crippen LogP contribution in [0.15, 0.2) is 45.6 Å². The number of phenolic OH excluding ortho intramolecular Hbond substituents is 1. The van der Waals surface area contributed by atoms with E-state index in [1.54, 1.807) is 13.0 Å². The summed E-state index contributed by atoms with van der Waals surface area (Å²) in [5.41, 5.74) is 11.6. The van der Waals surface area contributed by atoms with Gasteiger partial charge in [0.25, 0.3) is 0 Å². The van der Waals surface area contributed by atoms with E-state index in [4.69, 9.17) is 30.1 Å². The summed E-state index contributed by atoms with van der Waals surface area (Å²) in [5.74, 6) is 0.0953. The van der Waals surface area contributed by atoms with Crippen molar-refractivity contribution in [2.45, 2.75) is 69.6 Å². The Bertz CT molecular complexity index is 1480. The van der Waals surface area contributed by atoms with Gasteiger partial charge in [0.2, 0.25) is 0 Å². The molecule has 1 aromatic heterocycles. The number of epoxide rings is 1. The Labute approximate surface area is 226 Å². The third kappa shape index (κ3) is 5.00. The number of phenols is 1. The van der Waals surface area contributed by atoms with E-state index in [1.807, 2.05) is 45.2 Å². The van der Waals surface area contributed by atoms with E-state index < -0.39 is 29.4 Å². The molecule has 10 heteroatoms. The summed E-state index contributed by atoms with van der Waals surface area (Å²) in [7, 11) is 1.81. The molecule has 0 unspecified atom stereocenters. The van der Waals surface area contributed by atoms with Gasteiger partial charge in [-0.1, -0.05) is 24.3 Å². The van der Waals surface area contributed by atoms with Crippen molar-refractivity contribution in [2.75, 3.05) is 13.6 Å². The molecule has 0 amide bonds. The Morgan fingerprint density at radius 2 is 2.03 bits per heavy atom. The van der Waals surface area contributed by atoms with E-state index >= 15 is 0 Å². The topological polar surface area (TPSA) is 163 Å². The maximum Gasteiger partial charge on any atom is 0.341 e. The first-order valence-corrected chi connectivity index (χ1v) is 13.1. The average Bonchev–Trinajstić information content (AvgIpc) is 3.56. The van der Waals surface area contributed by atoms with Crippen LogP contribution in [-0.2, 0) is 27.1 Å². The van der Waals surface area contributed by atoms with Gasteiger partial charge in [-0.2, -0.15) is 0 Å². The van der Waals surface area contributed by atoms with Crippen molar-refractivity contribution in [3.05, 3.63) is 69.1 Å². The molecule has 2 aromatic carbocycles. The SMILES string of the molecule is CNCC[C@]1(C(=O)O[C@@H]2Cc3c(cc4oc(C)cc(=O)c4c3O)OC2(C)C)O[C@@H]1Cc1cccc(C(N)N)c1. The van der Waals surface area contributed by atoms with Crippen LogP contribution in [0.1, 0.15) is 48.9 Å². The highest BCUT2D eigenvalue weighted by molar-refractivity contribution is 5.87. The number of nitrogens with two attached hydrogens (primary N) is 2. The summed E-state index contributed by atoms with van der Waals surface area (Å²) in [5, 5.41) is 14.2. The van der Waals surface area contributed by atoms with Crippen LogP contribution in [0.3, 0.4) is 0 Å². The molecule has 3 aromatic rings. The van der Waals surface area contributed by atoms with Gasteiger partial charge in [0.1, 0.15) is 46.0 Å². The second kappa shape index (κ2) is 9.95. The number of rotatable bonds is 8. The van der Waals surface area contributed by atoms with Crippen molar-refractivity contribution in [1.82, 2.24) is 5.32 Å². The smallest absolute Gasteiger partial charge is 0.341 e. The zero-order valence-corrected chi connectivity index (χ0v) is 22.6. The Hall–Kier alpha value is -3.44. The molecule has 0 saturated carbocycles. The van der Waals surface area contributed by atoms with Gasteiger partial charge in [-0.05, 0) is 45.5 Å². The number of hydrogen-bond donors (Lipinski definition) is 4. The van der Waals surface area contributed by atoms with Gasteiger partial charge in [0.05, 0.1) is 6.17 Å². The molecule has 1 saturated heterocycles. The first-order valence-electron chi connectivity index (χ1n) is 13.1. The zero-order chi connectivity index (χ0) is 28.1. The first kappa shape index (κ1) is 27.1. The predicted octanol–water partition coefficient (Wildman–Crippen LogP) is 2.34. The van der Waals surface area contributed by atoms with Gasteiger partial charge in [-0.25, -0.2) is 4.79 Å². The Balaban J connectivity index is 1.39. The molecule has 6 N–H and O–H groups in total. The van der Waals surface area contributed by atoms with E-state index in [0.717, 1.165) is 11.1 Å². The quantitative estimate of drug-likeness (QED) is 0.191. The van der Waals surface area contributed by atoms with Crippen LogP contribution in [0, 0.1) is 6.92 Å². The lowest BCUT2D eigenvalue weighted by atomic mass is 9.89. The number of aromatic hydroxyl groups is 1. The van der Waals surface area contributed by atoms with Crippen molar-refractivity contribution in [1.29, 1.82) is 0 Å². The van der Waals surface area contributed by atoms with Crippen LogP contribution >= 0.6 is 0 Å². The van der Waals surface area contributed by atoms with Gasteiger partial charge in [-0.3, -0.25) is 4.79 Å².